The van der Waals surface area contributed by atoms with Gasteiger partial charge in [0, 0.05) is 18.9 Å². The first kappa shape index (κ1) is 19.5. The van der Waals surface area contributed by atoms with E-state index in [-0.39, 0.29) is 28.1 Å². The number of benzene rings is 2. The summed E-state index contributed by atoms with van der Waals surface area (Å²) in [6.45, 7) is 1.72. The minimum atomic E-state index is -0.607. The highest BCUT2D eigenvalue weighted by atomic mass is 35.5. The third-order valence-corrected chi connectivity index (χ3v) is 5.36. The van der Waals surface area contributed by atoms with E-state index in [1.165, 1.54) is 4.57 Å². The molecule has 6 nitrogen and oxygen atoms in total. The van der Waals surface area contributed by atoms with E-state index >= 15 is 0 Å². The lowest BCUT2D eigenvalue weighted by Gasteiger charge is -2.37. The number of hydrogen-bond donors (Lipinski definition) is 1. The van der Waals surface area contributed by atoms with Crippen molar-refractivity contribution in [2.75, 3.05) is 0 Å². The fourth-order valence-electron chi connectivity index (χ4n) is 3.56. The van der Waals surface area contributed by atoms with Crippen LogP contribution in [0.4, 0.5) is 4.39 Å². The van der Waals surface area contributed by atoms with Crippen LogP contribution < -0.4 is 11.3 Å². The molecule has 1 aliphatic carbocycles. The van der Waals surface area contributed by atoms with E-state index in [9.17, 15) is 14.0 Å². The van der Waals surface area contributed by atoms with Crippen molar-refractivity contribution in [3.05, 3.63) is 75.0 Å². The summed E-state index contributed by atoms with van der Waals surface area (Å²) in [5.74, 6) is -0.641. The number of esters is 1. The van der Waals surface area contributed by atoms with Crippen molar-refractivity contribution in [1.29, 1.82) is 0 Å². The van der Waals surface area contributed by atoms with Crippen LogP contribution in [0.25, 0.3) is 10.9 Å². The third kappa shape index (κ3) is 3.63. The number of halogens is 2. The van der Waals surface area contributed by atoms with Gasteiger partial charge in [-0.2, -0.15) is 0 Å². The molecule has 1 fully saturated rings. The van der Waals surface area contributed by atoms with Gasteiger partial charge in [0.2, 0.25) is 0 Å². The summed E-state index contributed by atoms with van der Waals surface area (Å²) in [6, 6.07) is 10.2. The van der Waals surface area contributed by atoms with E-state index in [1.807, 2.05) is 6.07 Å². The van der Waals surface area contributed by atoms with Gasteiger partial charge in [0.15, 0.2) is 0 Å². The monoisotopic (exact) mass is 415 g/mol. The predicted octanol–water partition coefficient (Wildman–Crippen LogP) is 3.77. The van der Waals surface area contributed by atoms with Gasteiger partial charge in [-0.15, -0.1) is 0 Å². The van der Waals surface area contributed by atoms with E-state index in [1.54, 1.807) is 31.2 Å². The summed E-state index contributed by atoms with van der Waals surface area (Å²) >= 11 is 6.08. The Morgan fingerprint density at radius 3 is 2.66 bits per heavy atom. The molecule has 0 spiro atoms. The smallest absolute Gasteiger partial charge is 0.338 e. The Morgan fingerprint density at radius 1 is 1.31 bits per heavy atom. The Bertz CT molecular complexity index is 1140. The van der Waals surface area contributed by atoms with Crippen molar-refractivity contribution >= 4 is 28.5 Å². The van der Waals surface area contributed by atoms with Crippen LogP contribution in [-0.2, 0) is 4.74 Å². The van der Waals surface area contributed by atoms with Gasteiger partial charge in [0.25, 0.3) is 5.56 Å². The molecule has 2 aromatic carbocycles. The zero-order valence-corrected chi connectivity index (χ0v) is 16.4. The van der Waals surface area contributed by atoms with Crippen molar-refractivity contribution in [3.63, 3.8) is 0 Å². The molecule has 0 aliphatic heterocycles. The number of rotatable bonds is 4. The molecule has 0 radical (unpaired) electrons. The number of ether oxygens (including phenoxy) is 1. The largest absolute Gasteiger partial charge is 0.459 e. The van der Waals surface area contributed by atoms with Gasteiger partial charge in [-0.05, 0) is 31.2 Å². The van der Waals surface area contributed by atoms with Crippen molar-refractivity contribution in [2.24, 2.45) is 5.73 Å². The summed E-state index contributed by atoms with van der Waals surface area (Å²) in [4.78, 5) is 29.7. The Hall–Kier alpha value is -2.77. The van der Waals surface area contributed by atoms with E-state index in [2.05, 4.69) is 4.98 Å². The Labute approximate surface area is 171 Å². The van der Waals surface area contributed by atoms with E-state index in [0.29, 0.717) is 24.2 Å². The molecule has 0 amide bonds. The molecule has 0 saturated heterocycles. The van der Waals surface area contributed by atoms with Gasteiger partial charge in [-0.25, -0.2) is 14.2 Å². The zero-order chi connectivity index (χ0) is 20.7. The van der Waals surface area contributed by atoms with Gasteiger partial charge in [0.1, 0.15) is 17.7 Å². The quantitative estimate of drug-likeness (QED) is 0.655. The number of hydrogen-bond acceptors (Lipinski definition) is 5. The second-order valence-electron chi connectivity index (χ2n) is 7.24. The average molecular weight is 416 g/mol. The lowest BCUT2D eigenvalue weighted by Crippen LogP contribution is -2.42. The first-order valence-corrected chi connectivity index (χ1v) is 9.65. The molecule has 1 heterocycles. The number of carbonyl (C=O) groups excluding carboxylic acids is 1. The Morgan fingerprint density at radius 2 is 2.00 bits per heavy atom. The summed E-state index contributed by atoms with van der Waals surface area (Å²) in [5, 5.41) is 0.165. The van der Waals surface area contributed by atoms with Crippen molar-refractivity contribution in [1.82, 2.24) is 9.55 Å². The molecular weight excluding hydrogens is 397 g/mol. The molecular formula is C21H19ClFN3O3. The van der Waals surface area contributed by atoms with Crippen LogP contribution in [0, 0.1) is 5.82 Å². The molecule has 1 aliphatic rings. The molecule has 4 rings (SSSR count). The predicted molar refractivity (Wildman–Crippen MR) is 107 cm³/mol. The molecule has 0 unspecified atom stereocenters. The normalized spacial score (nSPS) is 19.6. The van der Waals surface area contributed by atoms with Crippen molar-refractivity contribution < 1.29 is 13.9 Å². The molecule has 8 heteroatoms. The average Bonchev–Trinajstić information content (AvgIpc) is 2.66. The Kier molecular flexibility index (Phi) is 5.10. The molecule has 2 N–H and O–H groups in total. The topological polar surface area (TPSA) is 87.2 Å². The zero-order valence-electron chi connectivity index (χ0n) is 15.6. The maximum Gasteiger partial charge on any atom is 0.338 e. The maximum atomic E-state index is 13.8. The number of fused-ring (bicyclic) bond motifs is 1. The van der Waals surface area contributed by atoms with Crippen LogP contribution in [0.15, 0.2) is 47.3 Å². The molecule has 1 aromatic heterocycles. The molecule has 150 valence electrons. The van der Waals surface area contributed by atoms with E-state index < -0.39 is 23.4 Å². The molecule has 1 atom stereocenters. The molecule has 3 aromatic rings. The lowest BCUT2D eigenvalue weighted by atomic mass is 9.88. The van der Waals surface area contributed by atoms with Crippen LogP contribution in [0.1, 0.15) is 48.0 Å². The molecule has 1 saturated carbocycles. The van der Waals surface area contributed by atoms with Crippen molar-refractivity contribution in [3.8, 4) is 0 Å². The van der Waals surface area contributed by atoms with Gasteiger partial charge in [-0.3, -0.25) is 9.36 Å². The van der Waals surface area contributed by atoms with Crippen LogP contribution in [-0.4, -0.2) is 21.6 Å². The minimum absolute atomic E-state index is 0.0643. The number of nitrogens with two attached hydrogens (primary N) is 1. The second kappa shape index (κ2) is 7.57. The first-order valence-electron chi connectivity index (χ1n) is 9.28. The van der Waals surface area contributed by atoms with Crippen LogP contribution in [0.3, 0.4) is 0 Å². The maximum absolute atomic E-state index is 13.8. The highest BCUT2D eigenvalue weighted by Crippen LogP contribution is 2.36. The van der Waals surface area contributed by atoms with E-state index in [4.69, 9.17) is 22.1 Å². The fraction of sp³-hybridized carbons (Fsp3) is 0.286. The standard InChI is InChI=1S/C21H19ClFN3O3/c1-11(24)19-25-18-16(7-13(23)8-17(18)22)20(27)26(19)14-9-15(10-14)29-21(28)12-5-3-2-4-6-12/h2-8,11,14-15H,9-10,24H2,1H3/t11-,14-,15-/m0/s1. The van der Waals surface area contributed by atoms with Crippen molar-refractivity contribution in [2.45, 2.75) is 38.0 Å². The highest BCUT2D eigenvalue weighted by Gasteiger charge is 2.36. The molecule has 0 bridgehead atoms. The Balaban J connectivity index is 1.62. The highest BCUT2D eigenvalue weighted by molar-refractivity contribution is 6.35. The summed E-state index contributed by atoms with van der Waals surface area (Å²) in [6.07, 6.45) is 0.593. The first-order chi connectivity index (χ1) is 13.8. The van der Waals surface area contributed by atoms with Crippen LogP contribution in [0.5, 0.6) is 0 Å². The van der Waals surface area contributed by atoms with Gasteiger partial charge < -0.3 is 10.5 Å². The van der Waals surface area contributed by atoms with Crippen LogP contribution >= 0.6 is 11.6 Å². The number of nitrogens with zero attached hydrogens (tertiary/aromatic N) is 2. The lowest BCUT2D eigenvalue weighted by molar-refractivity contribution is -0.00920. The van der Waals surface area contributed by atoms with Gasteiger partial charge in [-0.1, -0.05) is 29.8 Å². The SMILES string of the molecule is C[C@H](N)c1nc2c(Cl)cc(F)cc2c(=O)n1[C@H]1C[C@H](OC(=O)c2ccccc2)C1. The third-order valence-electron chi connectivity index (χ3n) is 5.08. The minimum Gasteiger partial charge on any atom is -0.459 e. The summed E-state index contributed by atoms with van der Waals surface area (Å²) in [7, 11) is 0. The number of carbonyl (C=O) groups is 1. The van der Waals surface area contributed by atoms with Gasteiger partial charge >= 0.3 is 5.97 Å². The van der Waals surface area contributed by atoms with E-state index in [0.717, 1.165) is 12.1 Å². The molecule has 29 heavy (non-hydrogen) atoms. The van der Waals surface area contributed by atoms with Gasteiger partial charge in [0.05, 0.1) is 27.5 Å². The summed E-state index contributed by atoms with van der Waals surface area (Å²) < 4.78 is 20.8. The number of aromatic nitrogens is 2. The fourth-order valence-corrected chi connectivity index (χ4v) is 3.81. The second-order valence-corrected chi connectivity index (χ2v) is 7.64. The summed E-state index contributed by atoms with van der Waals surface area (Å²) in [5.41, 5.74) is 6.34. The van der Waals surface area contributed by atoms with Crippen LogP contribution in [0.2, 0.25) is 5.02 Å².